The molecular weight excluding hydrogens is 310 g/mol. The Bertz CT molecular complexity index is 569. The van der Waals surface area contributed by atoms with Crippen LogP contribution in [0.25, 0.3) is 0 Å². The molecular formula is C13H23N3O5S. The molecule has 2 atom stereocenters. The number of carbonyl (C=O) groups is 2. The number of nitrogens with zero attached hydrogens (tertiary/aromatic N) is 2. The van der Waals surface area contributed by atoms with E-state index in [2.05, 4.69) is 0 Å². The zero-order chi connectivity index (χ0) is 16.7. The summed E-state index contributed by atoms with van der Waals surface area (Å²) in [7, 11) is -3.72. The van der Waals surface area contributed by atoms with Crippen LogP contribution in [-0.4, -0.2) is 66.7 Å². The van der Waals surface area contributed by atoms with Crippen LogP contribution < -0.4 is 5.14 Å². The van der Waals surface area contributed by atoms with Crippen molar-refractivity contribution in [2.45, 2.75) is 50.5 Å². The molecule has 126 valence electrons. The number of rotatable bonds is 2. The second-order valence-electron chi connectivity index (χ2n) is 6.83. The number of likely N-dealkylation sites (tertiary alicyclic amines) is 2. The fourth-order valence-corrected chi connectivity index (χ4v) is 3.50. The molecule has 0 radical (unpaired) electrons. The van der Waals surface area contributed by atoms with Gasteiger partial charge in [0.05, 0.1) is 6.04 Å². The number of primary sulfonamides is 1. The van der Waals surface area contributed by atoms with Crippen LogP contribution in [0.15, 0.2) is 0 Å². The zero-order valence-electron chi connectivity index (χ0n) is 13.1. The molecule has 0 aromatic rings. The Morgan fingerprint density at radius 3 is 2.45 bits per heavy atom. The van der Waals surface area contributed by atoms with Crippen LogP contribution in [0.5, 0.6) is 0 Å². The lowest BCUT2D eigenvalue weighted by Gasteiger charge is -2.26. The van der Waals surface area contributed by atoms with Gasteiger partial charge in [-0.15, -0.1) is 0 Å². The maximum Gasteiger partial charge on any atom is 0.410 e. The van der Waals surface area contributed by atoms with Crippen molar-refractivity contribution in [3.63, 3.8) is 0 Å². The van der Waals surface area contributed by atoms with Crippen LogP contribution in [0.2, 0.25) is 0 Å². The Hall–Kier alpha value is -1.35. The highest BCUT2D eigenvalue weighted by Crippen LogP contribution is 2.25. The van der Waals surface area contributed by atoms with Crippen molar-refractivity contribution < 1.29 is 22.7 Å². The summed E-state index contributed by atoms with van der Waals surface area (Å²) in [6.45, 7) is 6.32. The van der Waals surface area contributed by atoms with Crippen LogP contribution in [-0.2, 0) is 19.6 Å². The van der Waals surface area contributed by atoms with Crippen LogP contribution >= 0.6 is 0 Å². The van der Waals surface area contributed by atoms with Gasteiger partial charge in [-0.3, -0.25) is 4.79 Å². The Kier molecular flexibility index (Phi) is 4.40. The van der Waals surface area contributed by atoms with Gasteiger partial charge in [0.1, 0.15) is 10.9 Å². The number of ether oxygens (including phenoxy) is 1. The number of carbonyl (C=O) groups excluding carboxylic acids is 2. The maximum absolute atomic E-state index is 12.0. The van der Waals surface area contributed by atoms with Crippen LogP contribution in [0.1, 0.15) is 33.6 Å². The van der Waals surface area contributed by atoms with E-state index in [1.54, 1.807) is 25.7 Å². The van der Waals surface area contributed by atoms with Crippen molar-refractivity contribution in [2.75, 3.05) is 19.6 Å². The van der Waals surface area contributed by atoms with E-state index >= 15 is 0 Å². The van der Waals surface area contributed by atoms with Crippen molar-refractivity contribution in [1.82, 2.24) is 9.80 Å². The third-order valence-electron chi connectivity index (χ3n) is 3.84. The molecule has 2 N–H and O–H groups in total. The molecule has 0 spiro atoms. The minimum atomic E-state index is -3.72. The van der Waals surface area contributed by atoms with E-state index in [1.165, 1.54) is 4.90 Å². The zero-order valence-corrected chi connectivity index (χ0v) is 13.9. The first-order chi connectivity index (χ1) is 9.97. The number of hydrogen-bond acceptors (Lipinski definition) is 5. The van der Waals surface area contributed by atoms with Gasteiger partial charge < -0.3 is 14.5 Å². The molecule has 0 bridgehead atoms. The summed E-state index contributed by atoms with van der Waals surface area (Å²) in [4.78, 5) is 27.1. The highest BCUT2D eigenvalue weighted by molar-refractivity contribution is 7.89. The normalized spacial score (nSPS) is 26.6. The van der Waals surface area contributed by atoms with E-state index in [-0.39, 0.29) is 24.9 Å². The molecule has 2 heterocycles. The van der Waals surface area contributed by atoms with Crippen LogP contribution in [0.3, 0.4) is 0 Å². The Balaban J connectivity index is 1.96. The summed E-state index contributed by atoms with van der Waals surface area (Å²) in [6.07, 6.45) is 0.119. The average Bonchev–Trinajstić information content (AvgIpc) is 2.91. The molecule has 8 nitrogen and oxygen atoms in total. The molecule has 22 heavy (non-hydrogen) atoms. The van der Waals surface area contributed by atoms with Crippen LogP contribution in [0, 0.1) is 0 Å². The second-order valence-corrected chi connectivity index (χ2v) is 8.67. The highest BCUT2D eigenvalue weighted by Gasteiger charge is 2.42. The van der Waals surface area contributed by atoms with E-state index in [9.17, 15) is 18.0 Å². The van der Waals surface area contributed by atoms with Gasteiger partial charge in [-0.25, -0.2) is 18.4 Å². The summed E-state index contributed by atoms with van der Waals surface area (Å²) >= 11 is 0. The number of sulfonamides is 1. The molecule has 0 aromatic heterocycles. The Morgan fingerprint density at radius 1 is 1.32 bits per heavy atom. The second kappa shape index (κ2) is 5.69. The topological polar surface area (TPSA) is 110 Å². The number of hydrogen-bond donors (Lipinski definition) is 1. The van der Waals surface area contributed by atoms with E-state index in [0.29, 0.717) is 19.5 Å². The lowest BCUT2D eigenvalue weighted by atomic mass is 10.2. The fraction of sp³-hybridized carbons (Fsp3) is 0.846. The molecule has 1 unspecified atom stereocenters. The molecule has 2 amide bonds. The van der Waals surface area contributed by atoms with Gasteiger partial charge in [-0.2, -0.15) is 0 Å². The highest BCUT2D eigenvalue weighted by atomic mass is 32.2. The lowest BCUT2D eigenvalue weighted by Crippen LogP contribution is -2.42. The summed E-state index contributed by atoms with van der Waals surface area (Å²) in [6, 6.07) is -0.174. The van der Waals surface area contributed by atoms with Gasteiger partial charge in [0.15, 0.2) is 0 Å². The number of nitrogens with two attached hydrogens (primary N) is 1. The molecule has 2 saturated heterocycles. The van der Waals surface area contributed by atoms with Gasteiger partial charge >= 0.3 is 6.09 Å². The standard InChI is InChI=1S/C13H23N3O5S/c1-13(2,3)21-12(18)15-5-4-9(7-15)16-8-10(6-11(16)17)22(14,19)20/h9-10H,4-8H2,1-3H3,(H2,14,19,20)/t9-,10?/m1/s1. The molecule has 2 aliphatic heterocycles. The van der Waals surface area contributed by atoms with Gasteiger partial charge in [0.2, 0.25) is 15.9 Å². The molecule has 0 aromatic carbocycles. The van der Waals surface area contributed by atoms with Crippen molar-refractivity contribution >= 4 is 22.0 Å². The minimum Gasteiger partial charge on any atom is -0.444 e. The third kappa shape index (κ3) is 3.89. The summed E-state index contributed by atoms with van der Waals surface area (Å²) in [5.41, 5.74) is -0.572. The summed E-state index contributed by atoms with van der Waals surface area (Å²) < 4.78 is 28.1. The maximum atomic E-state index is 12.0. The average molecular weight is 333 g/mol. The molecule has 2 rings (SSSR count). The van der Waals surface area contributed by atoms with Gasteiger partial charge in [0.25, 0.3) is 0 Å². The van der Waals surface area contributed by atoms with Gasteiger partial charge in [0, 0.05) is 26.1 Å². The van der Waals surface area contributed by atoms with E-state index < -0.39 is 27.0 Å². The predicted octanol–water partition coefficient (Wildman–Crippen LogP) is -0.115. The smallest absolute Gasteiger partial charge is 0.410 e. The Morgan fingerprint density at radius 2 is 1.95 bits per heavy atom. The molecule has 9 heteroatoms. The van der Waals surface area contributed by atoms with Crippen LogP contribution in [0.4, 0.5) is 4.79 Å². The third-order valence-corrected chi connectivity index (χ3v) is 5.09. The Labute approximate surface area is 130 Å². The quantitative estimate of drug-likeness (QED) is 0.758. The molecule has 2 aliphatic rings. The number of amides is 2. The molecule has 0 saturated carbocycles. The predicted molar refractivity (Wildman–Crippen MR) is 79.4 cm³/mol. The van der Waals surface area contributed by atoms with Crippen molar-refractivity contribution in [2.24, 2.45) is 5.14 Å². The van der Waals surface area contributed by atoms with E-state index in [0.717, 1.165) is 0 Å². The van der Waals surface area contributed by atoms with Crippen molar-refractivity contribution in [1.29, 1.82) is 0 Å². The van der Waals surface area contributed by atoms with E-state index in [4.69, 9.17) is 9.88 Å². The van der Waals surface area contributed by atoms with Gasteiger partial charge in [-0.1, -0.05) is 0 Å². The molecule has 2 fully saturated rings. The summed E-state index contributed by atoms with van der Waals surface area (Å²) in [5, 5.41) is 4.27. The van der Waals surface area contributed by atoms with E-state index in [1.807, 2.05) is 0 Å². The monoisotopic (exact) mass is 333 g/mol. The van der Waals surface area contributed by atoms with Gasteiger partial charge in [-0.05, 0) is 27.2 Å². The summed E-state index contributed by atoms with van der Waals surface area (Å²) in [5.74, 6) is -0.227. The first-order valence-electron chi connectivity index (χ1n) is 7.26. The minimum absolute atomic E-state index is 0.0816. The largest absolute Gasteiger partial charge is 0.444 e. The lowest BCUT2D eigenvalue weighted by molar-refractivity contribution is -0.129. The van der Waals surface area contributed by atoms with Crippen molar-refractivity contribution in [3.8, 4) is 0 Å². The van der Waals surface area contributed by atoms with Crippen molar-refractivity contribution in [3.05, 3.63) is 0 Å². The first-order valence-corrected chi connectivity index (χ1v) is 8.87. The molecule has 0 aliphatic carbocycles. The SMILES string of the molecule is CC(C)(C)OC(=O)N1CC[C@@H](N2CC(S(N)(=O)=O)CC2=O)C1. The first kappa shape index (κ1) is 17.0. The fourth-order valence-electron chi connectivity index (χ4n) is 2.76.